The normalized spacial score (nSPS) is 13.5. The minimum Gasteiger partial charge on any atom is -0.338 e. The molecule has 1 heterocycles. The van der Waals surface area contributed by atoms with Crippen LogP contribution in [-0.2, 0) is 4.79 Å². The van der Waals surface area contributed by atoms with Gasteiger partial charge in [0.15, 0.2) is 11.6 Å². The first-order valence-corrected chi connectivity index (χ1v) is 9.08. The molecule has 0 aliphatic heterocycles. The number of rotatable bonds is 7. The summed E-state index contributed by atoms with van der Waals surface area (Å²) in [6.45, 7) is 4.90. The highest BCUT2D eigenvalue weighted by molar-refractivity contribution is 7.18. The molecule has 2 atom stereocenters. The minimum absolute atomic E-state index is 0.0799. The van der Waals surface area contributed by atoms with Gasteiger partial charge in [-0.05, 0) is 25.5 Å². The van der Waals surface area contributed by atoms with Crippen molar-refractivity contribution in [2.45, 2.75) is 32.7 Å². The van der Waals surface area contributed by atoms with Crippen LogP contribution in [0.4, 0.5) is 4.79 Å². The van der Waals surface area contributed by atoms with Gasteiger partial charge >= 0.3 is 6.03 Å². The van der Waals surface area contributed by atoms with E-state index < -0.39 is 6.03 Å². The minimum atomic E-state index is -0.422. The van der Waals surface area contributed by atoms with Crippen LogP contribution in [0.1, 0.15) is 37.7 Å². The summed E-state index contributed by atoms with van der Waals surface area (Å²) in [7, 11) is 1.94. The molecule has 3 N–H and O–H groups in total. The standard InChI is InChI=1S/C17H24N4O2S/c1-4-5-10-18-17(23)20-15(22)11-21(3)12(2)16-19-13-8-6-7-9-14(13)24-16/h6-9,12H,4-5,10-11H2,1-3H3,(H2,18,20,22,23)/p+1/t12-/m0/s1. The fourth-order valence-corrected chi connectivity index (χ4v) is 3.40. The van der Waals surface area contributed by atoms with Gasteiger partial charge < -0.3 is 10.2 Å². The van der Waals surface area contributed by atoms with Gasteiger partial charge in [-0.25, -0.2) is 9.78 Å². The Labute approximate surface area is 146 Å². The summed E-state index contributed by atoms with van der Waals surface area (Å²) in [5.74, 6) is -0.283. The van der Waals surface area contributed by atoms with Crippen molar-refractivity contribution in [2.75, 3.05) is 20.1 Å². The van der Waals surface area contributed by atoms with Crippen LogP contribution in [0.2, 0.25) is 0 Å². The Bertz CT molecular complexity index is 668. The number of para-hydroxylation sites is 1. The van der Waals surface area contributed by atoms with Crippen molar-refractivity contribution in [1.82, 2.24) is 15.6 Å². The lowest BCUT2D eigenvalue weighted by atomic mass is 10.3. The van der Waals surface area contributed by atoms with Crippen LogP contribution < -0.4 is 15.5 Å². The van der Waals surface area contributed by atoms with Crippen molar-refractivity contribution in [3.05, 3.63) is 29.3 Å². The SMILES string of the molecule is CCCCNC(=O)NC(=O)C[NH+](C)[C@@H](C)c1nc2ccccc2s1. The second-order valence-corrected chi connectivity index (χ2v) is 6.98. The highest BCUT2D eigenvalue weighted by atomic mass is 32.1. The quantitative estimate of drug-likeness (QED) is 0.663. The summed E-state index contributed by atoms with van der Waals surface area (Å²) in [6.07, 6.45) is 1.90. The summed E-state index contributed by atoms with van der Waals surface area (Å²) in [4.78, 5) is 29.2. The Morgan fingerprint density at radius 1 is 1.33 bits per heavy atom. The van der Waals surface area contributed by atoms with Gasteiger partial charge in [0, 0.05) is 6.54 Å². The molecule has 0 saturated heterocycles. The zero-order valence-corrected chi connectivity index (χ0v) is 15.2. The van der Waals surface area contributed by atoms with Crippen LogP contribution in [0.25, 0.3) is 10.2 Å². The van der Waals surface area contributed by atoms with E-state index in [1.165, 1.54) is 0 Å². The number of hydrogen-bond donors (Lipinski definition) is 3. The lowest BCUT2D eigenvalue weighted by molar-refractivity contribution is -0.902. The van der Waals surface area contributed by atoms with Crippen LogP contribution in [-0.4, -0.2) is 37.1 Å². The number of nitrogens with zero attached hydrogens (tertiary/aromatic N) is 1. The van der Waals surface area contributed by atoms with Gasteiger partial charge in [0.2, 0.25) is 0 Å². The topological polar surface area (TPSA) is 75.5 Å². The molecule has 0 fully saturated rings. The van der Waals surface area contributed by atoms with E-state index in [1.807, 2.05) is 45.2 Å². The van der Waals surface area contributed by atoms with Gasteiger partial charge in [-0.1, -0.05) is 25.5 Å². The number of likely N-dealkylation sites (N-methyl/N-ethyl adjacent to an activating group) is 1. The summed E-state index contributed by atoms with van der Waals surface area (Å²) in [6, 6.07) is 7.66. The third-order valence-electron chi connectivity index (χ3n) is 3.93. The molecule has 0 saturated carbocycles. The van der Waals surface area contributed by atoms with Crippen LogP contribution in [0.5, 0.6) is 0 Å². The van der Waals surface area contributed by atoms with E-state index in [9.17, 15) is 9.59 Å². The predicted molar refractivity (Wildman–Crippen MR) is 96.2 cm³/mol. The molecule has 0 radical (unpaired) electrons. The van der Waals surface area contributed by atoms with Gasteiger partial charge in [0.25, 0.3) is 5.91 Å². The summed E-state index contributed by atoms with van der Waals surface area (Å²) >= 11 is 1.65. The average Bonchev–Trinajstić information content (AvgIpc) is 2.98. The fourth-order valence-electron chi connectivity index (χ4n) is 2.29. The zero-order valence-electron chi connectivity index (χ0n) is 14.4. The van der Waals surface area contributed by atoms with Crippen molar-refractivity contribution in [2.24, 2.45) is 0 Å². The molecule has 0 bridgehead atoms. The van der Waals surface area contributed by atoms with Crippen molar-refractivity contribution >= 4 is 33.5 Å². The number of aromatic nitrogens is 1. The molecular formula is C17H25N4O2S+. The number of nitrogens with one attached hydrogen (secondary N) is 3. The molecular weight excluding hydrogens is 324 g/mol. The maximum absolute atomic E-state index is 12.0. The predicted octanol–water partition coefficient (Wildman–Crippen LogP) is 1.50. The smallest absolute Gasteiger partial charge is 0.321 e. The van der Waals surface area contributed by atoms with Gasteiger partial charge in [0.05, 0.1) is 17.3 Å². The van der Waals surface area contributed by atoms with E-state index >= 15 is 0 Å². The van der Waals surface area contributed by atoms with Crippen LogP contribution in [0.3, 0.4) is 0 Å². The molecule has 130 valence electrons. The maximum Gasteiger partial charge on any atom is 0.321 e. The van der Waals surface area contributed by atoms with Crippen molar-refractivity contribution < 1.29 is 14.5 Å². The zero-order chi connectivity index (χ0) is 17.5. The number of hydrogen-bond acceptors (Lipinski definition) is 4. The molecule has 0 aliphatic rings. The Morgan fingerprint density at radius 2 is 2.08 bits per heavy atom. The van der Waals surface area contributed by atoms with E-state index in [2.05, 4.69) is 15.6 Å². The number of carbonyl (C=O) groups excluding carboxylic acids is 2. The highest BCUT2D eigenvalue weighted by Crippen LogP contribution is 2.24. The third kappa shape index (κ3) is 5.01. The molecule has 1 aromatic heterocycles. The monoisotopic (exact) mass is 349 g/mol. The molecule has 1 unspecified atom stereocenters. The van der Waals surface area contributed by atoms with Gasteiger partial charge in [-0.15, -0.1) is 11.3 Å². The molecule has 2 aromatic rings. The molecule has 7 heteroatoms. The number of fused-ring (bicyclic) bond motifs is 1. The second kappa shape index (κ2) is 8.75. The van der Waals surface area contributed by atoms with Gasteiger partial charge in [0.1, 0.15) is 6.04 Å². The molecule has 24 heavy (non-hydrogen) atoms. The average molecular weight is 349 g/mol. The molecule has 0 spiro atoms. The Balaban J connectivity index is 1.87. The first-order chi connectivity index (χ1) is 11.5. The van der Waals surface area contributed by atoms with Crippen LogP contribution in [0, 0.1) is 0 Å². The first-order valence-electron chi connectivity index (χ1n) is 8.26. The molecule has 6 nitrogen and oxygen atoms in total. The lowest BCUT2D eigenvalue weighted by Crippen LogP contribution is -3.10. The van der Waals surface area contributed by atoms with Crippen molar-refractivity contribution in [1.29, 1.82) is 0 Å². The van der Waals surface area contributed by atoms with Crippen LogP contribution >= 0.6 is 11.3 Å². The number of carbonyl (C=O) groups is 2. The number of amides is 3. The Morgan fingerprint density at radius 3 is 2.79 bits per heavy atom. The number of benzene rings is 1. The first kappa shape index (κ1) is 18.4. The van der Waals surface area contributed by atoms with Gasteiger partial charge in [-0.2, -0.15) is 0 Å². The lowest BCUT2D eigenvalue weighted by Gasteiger charge is -2.19. The number of quaternary nitrogens is 1. The Kier molecular flexibility index (Phi) is 6.69. The van der Waals surface area contributed by atoms with E-state index in [1.54, 1.807) is 11.3 Å². The summed E-state index contributed by atoms with van der Waals surface area (Å²) in [5.41, 5.74) is 0.983. The maximum atomic E-state index is 12.0. The van der Waals surface area contributed by atoms with E-state index in [0.717, 1.165) is 33.0 Å². The van der Waals surface area contributed by atoms with E-state index in [4.69, 9.17) is 0 Å². The van der Waals surface area contributed by atoms with E-state index in [-0.39, 0.29) is 18.5 Å². The van der Waals surface area contributed by atoms with E-state index in [0.29, 0.717) is 6.54 Å². The fraction of sp³-hybridized carbons (Fsp3) is 0.471. The number of thiazole rings is 1. The molecule has 2 rings (SSSR count). The largest absolute Gasteiger partial charge is 0.338 e. The van der Waals surface area contributed by atoms with Crippen molar-refractivity contribution in [3.63, 3.8) is 0 Å². The number of imide groups is 1. The highest BCUT2D eigenvalue weighted by Gasteiger charge is 2.22. The molecule has 3 amide bonds. The third-order valence-corrected chi connectivity index (χ3v) is 5.15. The molecule has 1 aromatic carbocycles. The Hall–Kier alpha value is -1.99. The molecule has 0 aliphatic carbocycles. The summed E-state index contributed by atoms with van der Waals surface area (Å²) < 4.78 is 1.15. The second-order valence-electron chi connectivity index (χ2n) is 5.92. The number of urea groups is 1. The van der Waals surface area contributed by atoms with Crippen LogP contribution in [0.15, 0.2) is 24.3 Å². The summed E-state index contributed by atoms with van der Waals surface area (Å²) in [5, 5.41) is 6.05. The van der Waals surface area contributed by atoms with Gasteiger partial charge in [-0.3, -0.25) is 10.1 Å². The number of unbranched alkanes of at least 4 members (excludes halogenated alkanes) is 1. The van der Waals surface area contributed by atoms with Crippen molar-refractivity contribution in [3.8, 4) is 0 Å².